The number of nitriles is 1. The van der Waals surface area contributed by atoms with Crippen molar-refractivity contribution < 1.29 is 4.98 Å². The Morgan fingerprint density at radius 3 is 2.59 bits per heavy atom. The van der Waals surface area contributed by atoms with Crippen LogP contribution in [0.2, 0.25) is 0 Å². The van der Waals surface area contributed by atoms with E-state index >= 15 is 0 Å². The molecule has 22 heavy (non-hydrogen) atoms. The third-order valence-corrected chi connectivity index (χ3v) is 6.24. The fraction of sp³-hybridized carbons (Fsp3) is 0.667. The van der Waals surface area contributed by atoms with Crippen LogP contribution >= 0.6 is 11.8 Å². The van der Waals surface area contributed by atoms with Gasteiger partial charge in [-0.1, -0.05) is 20.8 Å². The third kappa shape index (κ3) is 2.84. The normalized spacial score (nSPS) is 20.4. The van der Waals surface area contributed by atoms with Crippen molar-refractivity contribution >= 4 is 17.6 Å². The van der Waals surface area contributed by atoms with Crippen LogP contribution in [0, 0.1) is 11.3 Å². The molecule has 3 rings (SSSR count). The lowest BCUT2D eigenvalue weighted by Gasteiger charge is -2.33. The van der Waals surface area contributed by atoms with Gasteiger partial charge in [0.15, 0.2) is 0 Å². The van der Waals surface area contributed by atoms with Gasteiger partial charge in [-0.15, -0.1) is 0 Å². The molecule has 0 unspecified atom stereocenters. The van der Waals surface area contributed by atoms with Crippen molar-refractivity contribution in [1.82, 2.24) is 0 Å². The number of hydrogen-bond donors (Lipinski definition) is 0. The van der Waals surface area contributed by atoms with Crippen LogP contribution in [0.5, 0.6) is 0 Å². The van der Waals surface area contributed by atoms with Crippen molar-refractivity contribution in [3.8, 4) is 6.07 Å². The van der Waals surface area contributed by atoms with Gasteiger partial charge in [-0.05, 0) is 31.2 Å². The van der Waals surface area contributed by atoms with Gasteiger partial charge in [0.25, 0.3) is 5.82 Å². The summed E-state index contributed by atoms with van der Waals surface area (Å²) in [6, 6.07) is 2.53. The molecule has 4 heteroatoms. The van der Waals surface area contributed by atoms with Crippen molar-refractivity contribution in [3.05, 3.63) is 22.4 Å². The lowest BCUT2D eigenvalue weighted by molar-refractivity contribution is -0.377. The number of aromatic amines is 1. The molecule has 118 valence electrons. The van der Waals surface area contributed by atoms with Gasteiger partial charge in [0, 0.05) is 22.5 Å². The standard InChI is InChI=1S/C18H25N3S/c1-4-16-15-12-22-18(2,3)10-13(15)14(11-19)17(20-16)21-8-6-5-7-9-21/h4-10,12H2,1-3H3/p+1. The van der Waals surface area contributed by atoms with E-state index in [1.807, 2.05) is 11.8 Å². The zero-order valence-electron chi connectivity index (χ0n) is 14.0. The van der Waals surface area contributed by atoms with Crippen molar-refractivity contribution in [1.29, 1.82) is 5.26 Å². The first-order valence-corrected chi connectivity index (χ1v) is 9.43. The van der Waals surface area contributed by atoms with Crippen LogP contribution in [0.3, 0.4) is 0 Å². The molecule has 0 atom stereocenters. The average molecular weight is 316 g/mol. The second-order valence-electron chi connectivity index (χ2n) is 7.02. The summed E-state index contributed by atoms with van der Waals surface area (Å²) in [5.41, 5.74) is 4.94. The van der Waals surface area contributed by atoms with Crippen LogP contribution in [0.4, 0.5) is 5.82 Å². The van der Waals surface area contributed by atoms with Crippen LogP contribution in [0.25, 0.3) is 0 Å². The predicted octanol–water partition coefficient (Wildman–Crippen LogP) is 3.49. The first-order valence-electron chi connectivity index (χ1n) is 8.44. The first kappa shape index (κ1) is 15.7. The monoisotopic (exact) mass is 316 g/mol. The van der Waals surface area contributed by atoms with E-state index in [1.165, 1.54) is 36.1 Å². The number of anilines is 1. The van der Waals surface area contributed by atoms with Gasteiger partial charge < -0.3 is 0 Å². The fourth-order valence-corrected chi connectivity index (χ4v) is 4.78. The number of thioether (sulfide) groups is 1. The molecule has 3 nitrogen and oxygen atoms in total. The van der Waals surface area contributed by atoms with Gasteiger partial charge >= 0.3 is 0 Å². The Bertz CT molecular complexity index is 610. The molecular weight excluding hydrogens is 290 g/mol. The summed E-state index contributed by atoms with van der Waals surface area (Å²) in [5.74, 6) is 2.11. The molecule has 0 saturated carbocycles. The molecule has 1 saturated heterocycles. The lowest BCUT2D eigenvalue weighted by Crippen LogP contribution is -2.38. The smallest absolute Gasteiger partial charge is 0.261 e. The molecule has 0 radical (unpaired) electrons. The molecule has 0 bridgehead atoms. The number of pyridine rings is 1. The average Bonchev–Trinajstić information content (AvgIpc) is 2.53. The number of rotatable bonds is 2. The van der Waals surface area contributed by atoms with Gasteiger partial charge in [-0.25, -0.2) is 4.98 Å². The number of hydrogen-bond acceptors (Lipinski definition) is 3. The SMILES string of the molecule is CCc1[nH+]c(N2CCCCC2)c(C#N)c2c1CSC(C)(C)C2. The minimum Gasteiger partial charge on any atom is -0.261 e. The van der Waals surface area contributed by atoms with E-state index in [4.69, 9.17) is 0 Å². The van der Waals surface area contributed by atoms with E-state index in [1.54, 1.807) is 0 Å². The van der Waals surface area contributed by atoms with Crippen molar-refractivity contribution in [2.24, 2.45) is 0 Å². The molecule has 0 amide bonds. The van der Waals surface area contributed by atoms with Crippen molar-refractivity contribution in [2.75, 3.05) is 18.0 Å². The molecule has 0 spiro atoms. The summed E-state index contributed by atoms with van der Waals surface area (Å²) in [6.07, 6.45) is 5.79. The van der Waals surface area contributed by atoms with Crippen molar-refractivity contribution in [3.63, 3.8) is 0 Å². The second-order valence-corrected chi connectivity index (χ2v) is 8.70. The summed E-state index contributed by atoms with van der Waals surface area (Å²) in [7, 11) is 0. The largest absolute Gasteiger partial charge is 0.293 e. The van der Waals surface area contributed by atoms with Gasteiger partial charge in [0.2, 0.25) is 0 Å². The number of aromatic nitrogens is 1. The summed E-state index contributed by atoms with van der Waals surface area (Å²) >= 11 is 2.01. The van der Waals surface area contributed by atoms with Gasteiger partial charge in [0.05, 0.1) is 13.1 Å². The molecule has 1 N–H and O–H groups in total. The number of H-pyrrole nitrogens is 1. The number of nitrogens with zero attached hydrogens (tertiary/aromatic N) is 2. The second kappa shape index (κ2) is 6.12. The predicted molar refractivity (Wildman–Crippen MR) is 92.2 cm³/mol. The van der Waals surface area contributed by atoms with E-state index < -0.39 is 0 Å². The summed E-state index contributed by atoms with van der Waals surface area (Å²) in [5, 5.41) is 9.84. The Hall–Kier alpha value is -1.21. The minimum absolute atomic E-state index is 0.226. The maximum Gasteiger partial charge on any atom is 0.293 e. The summed E-state index contributed by atoms with van der Waals surface area (Å²) in [6.45, 7) is 8.95. The maximum atomic E-state index is 9.84. The zero-order chi connectivity index (χ0) is 15.7. The number of fused-ring (bicyclic) bond motifs is 1. The highest BCUT2D eigenvalue weighted by Crippen LogP contribution is 2.41. The molecule has 0 aromatic carbocycles. The Morgan fingerprint density at radius 2 is 1.95 bits per heavy atom. The maximum absolute atomic E-state index is 9.84. The molecule has 1 fully saturated rings. The summed E-state index contributed by atoms with van der Waals surface area (Å²) < 4.78 is 0.226. The first-order chi connectivity index (χ1) is 10.6. The van der Waals surface area contributed by atoms with E-state index in [-0.39, 0.29) is 4.75 Å². The van der Waals surface area contributed by atoms with Crippen LogP contribution < -0.4 is 9.88 Å². The third-order valence-electron chi connectivity index (χ3n) is 4.88. The number of piperidine rings is 1. The molecule has 2 aliphatic heterocycles. The molecule has 3 heterocycles. The van der Waals surface area contributed by atoms with Crippen molar-refractivity contribution in [2.45, 2.75) is 63.4 Å². The Kier molecular flexibility index (Phi) is 4.36. The van der Waals surface area contributed by atoms with Gasteiger partial charge in [-0.2, -0.15) is 17.0 Å². The van der Waals surface area contributed by atoms with Gasteiger partial charge in [-0.3, -0.25) is 4.90 Å². The molecule has 1 aromatic heterocycles. The molecule has 1 aromatic rings. The minimum atomic E-state index is 0.226. The van der Waals surface area contributed by atoms with Crippen LogP contribution in [-0.4, -0.2) is 17.8 Å². The van der Waals surface area contributed by atoms with Gasteiger partial charge in [0.1, 0.15) is 17.3 Å². The highest BCUT2D eigenvalue weighted by molar-refractivity contribution is 7.99. The topological polar surface area (TPSA) is 41.2 Å². The van der Waals surface area contributed by atoms with E-state index in [0.717, 1.165) is 43.1 Å². The number of aryl methyl sites for hydroxylation is 1. The summed E-state index contributed by atoms with van der Waals surface area (Å²) in [4.78, 5) is 6.03. The fourth-order valence-electron chi connectivity index (χ4n) is 3.65. The quantitative estimate of drug-likeness (QED) is 0.838. The Morgan fingerprint density at radius 1 is 1.23 bits per heavy atom. The highest BCUT2D eigenvalue weighted by Gasteiger charge is 2.35. The Labute approximate surface area is 138 Å². The van der Waals surface area contributed by atoms with Crippen LogP contribution in [0.1, 0.15) is 62.4 Å². The van der Waals surface area contributed by atoms with Crippen LogP contribution in [-0.2, 0) is 18.6 Å². The Balaban J connectivity index is 2.13. The molecular formula is C18H26N3S+. The van der Waals surface area contributed by atoms with E-state index in [0.29, 0.717) is 0 Å². The highest BCUT2D eigenvalue weighted by atomic mass is 32.2. The molecule has 2 aliphatic rings. The van der Waals surface area contributed by atoms with E-state index in [9.17, 15) is 5.26 Å². The van der Waals surface area contributed by atoms with E-state index in [2.05, 4.69) is 36.7 Å². The van der Waals surface area contributed by atoms with Crippen LogP contribution in [0.15, 0.2) is 0 Å². The number of nitrogens with one attached hydrogen (secondary N) is 1. The zero-order valence-corrected chi connectivity index (χ0v) is 14.8. The lowest BCUT2D eigenvalue weighted by atomic mass is 9.91. The molecule has 0 aliphatic carbocycles.